The van der Waals surface area contributed by atoms with Crippen LogP contribution in [-0.2, 0) is 0 Å². The SMILES string of the molecule is CC(C)Nc1ccc(C(O)Nc2cc(C(=O)N3CCC(c4ccc(C#N)cc4)CC3)n[nH]2)cn1. The molecular formula is C25H29N7O2. The second kappa shape index (κ2) is 10.4. The van der Waals surface area contributed by atoms with Crippen LogP contribution in [0, 0.1) is 11.3 Å². The van der Waals surface area contributed by atoms with Gasteiger partial charge in [0.15, 0.2) is 11.9 Å². The van der Waals surface area contributed by atoms with E-state index in [1.807, 2.05) is 44.2 Å². The van der Waals surface area contributed by atoms with E-state index >= 15 is 0 Å². The molecule has 1 amide bonds. The molecule has 4 rings (SSSR count). The van der Waals surface area contributed by atoms with Gasteiger partial charge in [-0.3, -0.25) is 9.89 Å². The molecule has 34 heavy (non-hydrogen) atoms. The number of piperidine rings is 1. The fourth-order valence-corrected chi connectivity index (χ4v) is 4.09. The summed E-state index contributed by atoms with van der Waals surface area (Å²) in [6, 6.07) is 15.3. The Balaban J connectivity index is 1.31. The zero-order valence-corrected chi connectivity index (χ0v) is 19.3. The monoisotopic (exact) mass is 459 g/mol. The molecule has 9 nitrogen and oxygen atoms in total. The number of rotatable bonds is 7. The minimum atomic E-state index is -0.993. The molecule has 1 aliphatic rings. The molecule has 4 N–H and O–H groups in total. The average molecular weight is 460 g/mol. The van der Waals surface area contributed by atoms with Gasteiger partial charge in [0.05, 0.1) is 11.6 Å². The Labute approximate surface area is 198 Å². The fourth-order valence-electron chi connectivity index (χ4n) is 4.09. The second-order valence-electron chi connectivity index (χ2n) is 8.79. The van der Waals surface area contributed by atoms with Crippen LogP contribution in [0.1, 0.15) is 66.0 Å². The van der Waals surface area contributed by atoms with Gasteiger partial charge in [-0.05, 0) is 62.4 Å². The summed E-state index contributed by atoms with van der Waals surface area (Å²) in [6.45, 7) is 5.34. The summed E-state index contributed by atoms with van der Waals surface area (Å²) >= 11 is 0. The van der Waals surface area contributed by atoms with E-state index in [4.69, 9.17) is 5.26 Å². The number of hydrogen-bond acceptors (Lipinski definition) is 7. The Morgan fingerprint density at radius 2 is 1.91 bits per heavy atom. The van der Waals surface area contributed by atoms with Crippen molar-refractivity contribution in [3.05, 3.63) is 71.0 Å². The van der Waals surface area contributed by atoms with Crippen molar-refractivity contribution in [1.82, 2.24) is 20.1 Å². The van der Waals surface area contributed by atoms with E-state index in [2.05, 4.69) is 31.9 Å². The number of benzene rings is 1. The van der Waals surface area contributed by atoms with Crippen molar-refractivity contribution in [2.24, 2.45) is 0 Å². The van der Waals surface area contributed by atoms with Crippen LogP contribution in [0.4, 0.5) is 11.6 Å². The first-order valence-corrected chi connectivity index (χ1v) is 11.4. The Bertz CT molecular complexity index is 1140. The quantitative estimate of drug-likeness (QED) is 0.397. The number of aromatic amines is 1. The van der Waals surface area contributed by atoms with Gasteiger partial charge in [-0.15, -0.1) is 0 Å². The maximum Gasteiger partial charge on any atom is 0.274 e. The third-order valence-corrected chi connectivity index (χ3v) is 5.92. The second-order valence-corrected chi connectivity index (χ2v) is 8.79. The van der Waals surface area contributed by atoms with E-state index in [9.17, 15) is 9.90 Å². The highest BCUT2D eigenvalue weighted by Crippen LogP contribution is 2.29. The van der Waals surface area contributed by atoms with E-state index in [1.54, 1.807) is 23.2 Å². The lowest BCUT2D eigenvalue weighted by Crippen LogP contribution is -2.38. The third kappa shape index (κ3) is 5.53. The summed E-state index contributed by atoms with van der Waals surface area (Å²) in [6.07, 6.45) is 2.33. The van der Waals surface area contributed by atoms with Crippen molar-refractivity contribution < 1.29 is 9.90 Å². The minimum absolute atomic E-state index is 0.136. The van der Waals surface area contributed by atoms with Crippen LogP contribution in [0.3, 0.4) is 0 Å². The molecule has 2 aromatic heterocycles. The van der Waals surface area contributed by atoms with Crippen LogP contribution in [0.2, 0.25) is 0 Å². The van der Waals surface area contributed by atoms with Gasteiger partial charge < -0.3 is 20.6 Å². The summed E-state index contributed by atoms with van der Waals surface area (Å²) in [5.74, 6) is 1.43. The van der Waals surface area contributed by atoms with Gasteiger partial charge in [-0.25, -0.2) is 4.98 Å². The van der Waals surface area contributed by atoms with Crippen molar-refractivity contribution in [3.63, 3.8) is 0 Å². The molecule has 0 aliphatic carbocycles. The normalized spacial score (nSPS) is 15.1. The molecule has 176 valence electrons. The van der Waals surface area contributed by atoms with Crippen molar-refractivity contribution >= 4 is 17.5 Å². The Morgan fingerprint density at radius 1 is 1.18 bits per heavy atom. The number of nitrogens with zero attached hydrogens (tertiary/aromatic N) is 4. The van der Waals surface area contributed by atoms with E-state index in [-0.39, 0.29) is 11.9 Å². The minimum Gasteiger partial charge on any atom is -0.369 e. The Hall–Kier alpha value is -3.90. The van der Waals surface area contributed by atoms with Crippen molar-refractivity contribution in [1.29, 1.82) is 5.26 Å². The zero-order valence-electron chi connectivity index (χ0n) is 19.3. The molecule has 1 fully saturated rings. The molecule has 3 heterocycles. The molecule has 3 aromatic rings. The van der Waals surface area contributed by atoms with E-state index < -0.39 is 6.23 Å². The van der Waals surface area contributed by atoms with Crippen molar-refractivity contribution in [2.45, 2.75) is 44.9 Å². The van der Waals surface area contributed by atoms with Crippen LogP contribution in [0.25, 0.3) is 0 Å². The molecule has 0 spiro atoms. The lowest BCUT2D eigenvalue weighted by atomic mass is 9.89. The van der Waals surface area contributed by atoms with Gasteiger partial charge in [0.25, 0.3) is 5.91 Å². The van der Waals surface area contributed by atoms with Gasteiger partial charge in [-0.2, -0.15) is 10.4 Å². The number of aliphatic hydroxyl groups excluding tert-OH is 1. The number of nitrogens with one attached hydrogen (secondary N) is 3. The number of pyridine rings is 1. The van der Waals surface area contributed by atoms with Gasteiger partial charge >= 0.3 is 0 Å². The number of nitriles is 1. The molecule has 1 aliphatic heterocycles. The highest BCUT2D eigenvalue weighted by atomic mass is 16.3. The number of amides is 1. The molecule has 1 saturated heterocycles. The standard InChI is InChI=1S/C25H29N7O2/c1-16(2)28-22-8-7-20(15-27-22)24(33)29-23-13-21(30-31-23)25(34)32-11-9-19(10-12-32)18-5-3-17(14-26)4-6-18/h3-8,13,15-16,19,24,33H,9-12H2,1-2H3,(H,27,28)(H2,29,30,31). The predicted molar refractivity (Wildman–Crippen MR) is 129 cm³/mol. The number of carbonyl (C=O) groups excluding carboxylic acids is 1. The van der Waals surface area contributed by atoms with Gasteiger partial charge in [0.2, 0.25) is 0 Å². The zero-order chi connectivity index (χ0) is 24.1. The smallest absolute Gasteiger partial charge is 0.274 e. The van der Waals surface area contributed by atoms with Crippen LogP contribution < -0.4 is 10.6 Å². The van der Waals surface area contributed by atoms with Crippen LogP contribution in [0.15, 0.2) is 48.7 Å². The lowest BCUT2D eigenvalue weighted by molar-refractivity contribution is 0.0707. The summed E-state index contributed by atoms with van der Waals surface area (Å²) in [4.78, 5) is 19.0. The highest BCUT2D eigenvalue weighted by molar-refractivity contribution is 5.93. The van der Waals surface area contributed by atoms with Crippen molar-refractivity contribution in [2.75, 3.05) is 23.7 Å². The maximum atomic E-state index is 12.9. The highest BCUT2D eigenvalue weighted by Gasteiger charge is 2.26. The van der Waals surface area contributed by atoms with E-state index in [1.165, 1.54) is 5.56 Å². The van der Waals surface area contributed by atoms with Gasteiger partial charge in [-0.1, -0.05) is 12.1 Å². The molecule has 1 unspecified atom stereocenters. The van der Waals surface area contributed by atoms with Gasteiger partial charge in [0.1, 0.15) is 11.6 Å². The van der Waals surface area contributed by atoms with Gasteiger partial charge in [0, 0.05) is 37.0 Å². The molecule has 1 atom stereocenters. The molecule has 9 heteroatoms. The number of likely N-dealkylation sites (tertiary alicyclic amines) is 1. The molecule has 0 radical (unpaired) electrons. The summed E-state index contributed by atoms with van der Waals surface area (Å²) in [7, 11) is 0. The number of hydrogen-bond donors (Lipinski definition) is 4. The van der Waals surface area contributed by atoms with Crippen LogP contribution in [-0.4, -0.2) is 50.2 Å². The van der Waals surface area contributed by atoms with Crippen LogP contribution in [0.5, 0.6) is 0 Å². The molecule has 0 bridgehead atoms. The molecule has 1 aromatic carbocycles. The first kappa shape index (κ1) is 23.3. The number of H-pyrrole nitrogens is 1. The predicted octanol–water partition coefficient (Wildman–Crippen LogP) is 3.62. The summed E-state index contributed by atoms with van der Waals surface area (Å²) < 4.78 is 0. The fraction of sp³-hybridized carbons (Fsp3) is 0.360. The number of carbonyl (C=O) groups is 1. The molecule has 0 saturated carbocycles. The largest absolute Gasteiger partial charge is 0.369 e. The van der Waals surface area contributed by atoms with E-state index in [0.717, 1.165) is 18.7 Å². The topological polar surface area (TPSA) is 130 Å². The van der Waals surface area contributed by atoms with Crippen molar-refractivity contribution in [3.8, 4) is 6.07 Å². The first-order valence-electron chi connectivity index (χ1n) is 11.4. The first-order chi connectivity index (χ1) is 16.4. The maximum absolute atomic E-state index is 12.9. The summed E-state index contributed by atoms with van der Waals surface area (Å²) in [5, 5.41) is 32.5. The van der Waals surface area contributed by atoms with E-state index in [0.29, 0.717) is 41.6 Å². The average Bonchev–Trinajstić information content (AvgIpc) is 3.32. The Kier molecular flexibility index (Phi) is 7.09. The number of aromatic nitrogens is 3. The number of aliphatic hydroxyl groups is 1. The summed E-state index contributed by atoms with van der Waals surface area (Å²) in [5.41, 5.74) is 2.76. The molecular weight excluding hydrogens is 430 g/mol. The number of anilines is 2. The Morgan fingerprint density at radius 3 is 2.53 bits per heavy atom. The third-order valence-electron chi connectivity index (χ3n) is 5.92. The lowest BCUT2D eigenvalue weighted by Gasteiger charge is -2.31. The van der Waals surface area contributed by atoms with Crippen LogP contribution >= 0.6 is 0 Å².